The molecule has 0 spiro atoms. The Morgan fingerprint density at radius 1 is 0.963 bits per heavy atom. The van der Waals surface area contributed by atoms with E-state index in [1.165, 1.54) is 6.07 Å². The second-order valence-electron chi connectivity index (χ2n) is 5.93. The van der Waals surface area contributed by atoms with Crippen LogP contribution in [0, 0.1) is 5.82 Å². The molecule has 4 rings (SSSR count). The van der Waals surface area contributed by atoms with Crippen molar-refractivity contribution in [1.29, 1.82) is 0 Å². The van der Waals surface area contributed by atoms with Crippen LogP contribution in [0.1, 0.15) is 0 Å². The molecule has 0 atom stereocenters. The Morgan fingerprint density at radius 3 is 2.56 bits per heavy atom. The lowest BCUT2D eigenvalue weighted by molar-refractivity contribution is 0.398. The third-order valence-electron chi connectivity index (χ3n) is 4.22. The third-order valence-corrected chi connectivity index (χ3v) is 4.51. The summed E-state index contributed by atoms with van der Waals surface area (Å²) < 4.78 is 18.5. The molecule has 0 saturated carbocycles. The average molecular weight is 380 g/mol. The van der Waals surface area contributed by atoms with E-state index in [-0.39, 0.29) is 5.02 Å². The van der Waals surface area contributed by atoms with Gasteiger partial charge in [-0.2, -0.15) is 0 Å². The van der Waals surface area contributed by atoms with Crippen LogP contribution < -0.4 is 10.1 Å². The van der Waals surface area contributed by atoms with Gasteiger partial charge in [-0.15, -0.1) is 0 Å². The summed E-state index contributed by atoms with van der Waals surface area (Å²) in [6.45, 7) is 0. The summed E-state index contributed by atoms with van der Waals surface area (Å²) in [6, 6.07) is 16.2. The van der Waals surface area contributed by atoms with Gasteiger partial charge >= 0.3 is 0 Å². The van der Waals surface area contributed by atoms with Gasteiger partial charge in [0.15, 0.2) is 0 Å². The summed E-state index contributed by atoms with van der Waals surface area (Å²) in [7, 11) is 1.59. The van der Waals surface area contributed by atoms with E-state index in [1.807, 2.05) is 36.4 Å². The molecule has 1 N–H and O–H groups in total. The Morgan fingerprint density at radius 2 is 1.81 bits per heavy atom. The van der Waals surface area contributed by atoms with Crippen LogP contribution in [0.25, 0.3) is 22.0 Å². The zero-order chi connectivity index (χ0) is 18.8. The van der Waals surface area contributed by atoms with E-state index in [4.69, 9.17) is 16.3 Å². The molecule has 0 fully saturated rings. The van der Waals surface area contributed by atoms with Crippen LogP contribution in [0.3, 0.4) is 0 Å². The zero-order valence-corrected chi connectivity index (χ0v) is 15.2. The van der Waals surface area contributed by atoms with Crippen molar-refractivity contribution >= 4 is 33.9 Å². The highest BCUT2D eigenvalue weighted by Crippen LogP contribution is 2.31. The molecule has 2 aromatic heterocycles. The van der Waals surface area contributed by atoms with Gasteiger partial charge in [0.2, 0.25) is 5.88 Å². The predicted octanol–water partition coefficient (Wildman–Crippen LogP) is 5.84. The van der Waals surface area contributed by atoms with Crippen molar-refractivity contribution in [2.24, 2.45) is 0 Å². The van der Waals surface area contributed by atoms with E-state index < -0.39 is 5.82 Å². The molecule has 0 unspecified atom stereocenters. The average Bonchev–Trinajstić information content (AvgIpc) is 2.71. The van der Waals surface area contributed by atoms with Gasteiger partial charge in [-0.25, -0.2) is 9.37 Å². The first-order valence-corrected chi connectivity index (χ1v) is 8.63. The summed E-state index contributed by atoms with van der Waals surface area (Å²) in [5, 5.41) is 4.29. The Hall–Kier alpha value is -3.18. The number of methoxy groups -OCH3 is 1. The van der Waals surface area contributed by atoms with Gasteiger partial charge in [0.1, 0.15) is 5.82 Å². The fourth-order valence-corrected chi connectivity index (χ4v) is 3.02. The number of hydrogen-bond donors (Lipinski definition) is 1. The van der Waals surface area contributed by atoms with Crippen molar-refractivity contribution in [2.45, 2.75) is 0 Å². The van der Waals surface area contributed by atoms with Crippen molar-refractivity contribution in [3.63, 3.8) is 0 Å². The second-order valence-corrected chi connectivity index (χ2v) is 6.34. The van der Waals surface area contributed by atoms with Gasteiger partial charge in [-0.1, -0.05) is 17.7 Å². The largest absolute Gasteiger partial charge is 0.481 e. The van der Waals surface area contributed by atoms with Crippen LogP contribution in [0.2, 0.25) is 5.02 Å². The monoisotopic (exact) mass is 379 g/mol. The third kappa shape index (κ3) is 3.55. The van der Waals surface area contributed by atoms with E-state index in [9.17, 15) is 4.39 Å². The van der Waals surface area contributed by atoms with Crippen LogP contribution in [-0.4, -0.2) is 17.1 Å². The van der Waals surface area contributed by atoms with Crippen LogP contribution >= 0.6 is 11.6 Å². The number of nitrogens with zero attached hydrogens (tertiary/aromatic N) is 2. The van der Waals surface area contributed by atoms with Crippen molar-refractivity contribution < 1.29 is 9.13 Å². The van der Waals surface area contributed by atoms with E-state index >= 15 is 0 Å². The van der Waals surface area contributed by atoms with Crippen molar-refractivity contribution in [2.75, 3.05) is 12.4 Å². The summed E-state index contributed by atoms with van der Waals surface area (Å²) in [6.07, 6.45) is 3.49. The molecular weight excluding hydrogens is 365 g/mol. The highest BCUT2D eigenvalue weighted by molar-refractivity contribution is 6.31. The molecule has 27 heavy (non-hydrogen) atoms. The fraction of sp³-hybridized carbons (Fsp3) is 0.0476. The Kier molecular flexibility index (Phi) is 4.60. The standard InChI is InChI=1S/C21H15ClFN3O/c1-27-21-7-3-14(12-25-21)13-2-6-19-16(10-13)20(8-9-24-19)26-15-4-5-18(23)17(22)11-15/h2-12H,1H3,(H,24,26). The van der Waals surface area contributed by atoms with Crippen LogP contribution in [0.5, 0.6) is 5.88 Å². The van der Waals surface area contributed by atoms with Crippen molar-refractivity contribution in [1.82, 2.24) is 9.97 Å². The second kappa shape index (κ2) is 7.21. The maximum atomic E-state index is 13.4. The normalized spacial score (nSPS) is 10.8. The highest BCUT2D eigenvalue weighted by Gasteiger charge is 2.07. The van der Waals surface area contributed by atoms with Crippen LogP contribution in [-0.2, 0) is 0 Å². The van der Waals surface area contributed by atoms with Crippen molar-refractivity contribution in [3.8, 4) is 17.0 Å². The number of pyridine rings is 2. The lowest BCUT2D eigenvalue weighted by Gasteiger charge is -2.11. The zero-order valence-electron chi connectivity index (χ0n) is 14.4. The summed E-state index contributed by atoms with van der Waals surface area (Å²) in [4.78, 5) is 8.67. The first-order valence-electron chi connectivity index (χ1n) is 8.25. The Labute approximate surface area is 160 Å². The highest BCUT2D eigenvalue weighted by atomic mass is 35.5. The number of halogens is 2. The minimum atomic E-state index is -0.448. The number of ether oxygens (including phenoxy) is 1. The molecule has 134 valence electrons. The minimum absolute atomic E-state index is 0.0726. The minimum Gasteiger partial charge on any atom is -0.481 e. The first kappa shape index (κ1) is 17.2. The van der Waals surface area contributed by atoms with Gasteiger partial charge in [0.05, 0.1) is 17.6 Å². The lowest BCUT2D eigenvalue weighted by Crippen LogP contribution is -1.94. The maximum Gasteiger partial charge on any atom is 0.212 e. The van der Waals surface area contributed by atoms with E-state index in [0.717, 1.165) is 27.7 Å². The van der Waals surface area contributed by atoms with E-state index in [1.54, 1.807) is 31.6 Å². The number of aromatic nitrogens is 2. The number of anilines is 2. The number of rotatable bonds is 4. The quantitative estimate of drug-likeness (QED) is 0.483. The topological polar surface area (TPSA) is 47.0 Å². The molecule has 0 aliphatic heterocycles. The molecule has 0 radical (unpaired) electrons. The smallest absolute Gasteiger partial charge is 0.212 e. The van der Waals surface area contributed by atoms with Gasteiger partial charge < -0.3 is 10.1 Å². The number of benzene rings is 2. The maximum absolute atomic E-state index is 13.4. The summed E-state index contributed by atoms with van der Waals surface area (Å²) >= 11 is 5.88. The summed E-state index contributed by atoms with van der Waals surface area (Å²) in [5.74, 6) is 0.118. The molecule has 6 heteroatoms. The molecule has 0 bridgehead atoms. The molecule has 0 aliphatic carbocycles. The molecule has 0 amide bonds. The van der Waals surface area contributed by atoms with Gasteiger partial charge in [0.25, 0.3) is 0 Å². The molecular formula is C21H15ClFN3O. The Bertz CT molecular complexity index is 1120. The molecule has 4 nitrogen and oxygen atoms in total. The van der Waals surface area contributed by atoms with Crippen molar-refractivity contribution in [3.05, 3.63) is 77.8 Å². The predicted molar refractivity (Wildman–Crippen MR) is 106 cm³/mol. The van der Waals surface area contributed by atoms with E-state index in [2.05, 4.69) is 15.3 Å². The number of hydrogen-bond acceptors (Lipinski definition) is 4. The number of nitrogens with one attached hydrogen (secondary N) is 1. The fourth-order valence-electron chi connectivity index (χ4n) is 2.84. The Balaban J connectivity index is 1.75. The van der Waals surface area contributed by atoms with E-state index in [0.29, 0.717) is 11.6 Å². The van der Waals surface area contributed by atoms with Crippen LogP contribution in [0.15, 0.2) is 67.0 Å². The summed E-state index contributed by atoms with van der Waals surface area (Å²) in [5.41, 5.74) is 4.37. The molecule has 2 aromatic carbocycles. The molecule has 4 aromatic rings. The SMILES string of the molecule is COc1ccc(-c2ccc3nccc(Nc4ccc(F)c(Cl)c4)c3c2)cn1. The molecule has 0 aliphatic rings. The van der Waals surface area contributed by atoms with Gasteiger partial charge in [-0.3, -0.25) is 4.98 Å². The van der Waals surface area contributed by atoms with Gasteiger partial charge in [0, 0.05) is 40.8 Å². The molecule has 2 heterocycles. The molecule has 0 saturated heterocycles. The number of fused-ring (bicyclic) bond motifs is 1. The van der Waals surface area contributed by atoms with Crippen LogP contribution in [0.4, 0.5) is 15.8 Å². The first-order chi connectivity index (χ1) is 13.1. The van der Waals surface area contributed by atoms with Gasteiger partial charge in [-0.05, 0) is 48.0 Å². The lowest BCUT2D eigenvalue weighted by atomic mass is 10.0.